The third-order valence-corrected chi connectivity index (χ3v) is 4.87. The summed E-state index contributed by atoms with van der Waals surface area (Å²) >= 11 is 6.13. The third kappa shape index (κ3) is 3.72. The molecule has 1 amide bonds. The maximum atomic E-state index is 12.5. The number of carbonyl (C=O) groups is 2. The molecule has 0 N–H and O–H groups in total. The van der Waals surface area contributed by atoms with Gasteiger partial charge in [0.05, 0.1) is 38.2 Å². The number of thioether (sulfide) groups is 1. The first-order valence-corrected chi connectivity index (χ1v) is 8.34. The Balaban J connectivity index is 2.43. The summed E-state index contributed by atoms with van der Waals surface area (Å²) in [6.07, 6.45) is 1.59. The average molecular weight is 382 g/mol. The van der Waals surface area contributed by atoms with Gasteiger partial charge in [0.2, 0.25) is 5.75 Å². The van der Waals surface area contributed by atoms with Crippen LogP contribution < -0.4 is 19.3 Å². The summed E-state index contributed by atoms with van der Waals surface area (Å²) in [7, 11) is 4.47. The van der Waals surface area contributed by atoms with Gasteiger partial charge in [0.15, 0.2) is 11.5 Å². The smallest absolute Gasteiger partial charge is 0.266 e. The lowest BCUT2D eigenvalue weighted by Crippen LogP contribution is -2.48. The molecule has 1 aromatic carbocycles. The summed E-state index contributed by atoms with van der Waals surface area (Å²) in [4.78, 5) is 24.8. The molecule has 0 unspecified atom stereocenters. The largest absolute Gasteiger partial charge is 0.548 e. The van der Waals surface area contributed by atoms with Gasteiger partial charge in [0.1, 0.15) is 4.32 Å². The van der Waals surface area contributed by atoms with Crippen LogP contribution in [-0.2, 0) is 9.59 Å². The van der Waals surface area contributed by atoms with Gasteiger partial charge in [-0.25, -0.2) is 0 Å². The Morgan fingerprint density at radius 1 is 1.24 bits per heavy atom. The Bertz CT molecular complexity index is 736. The summed E-state index contributed by atoms with van der Waals surface area (Å²) in [5.74, 6) is -0.551. The summed E-state index contributed by atoms with van der Waals surface area (Å²) in [6, 6.07) is 2.21. The third-order valence-electron chi connectivity index (χ3n) is 3.54. The van der Waals surface area contributed by atoms with Gasteiger partial charge in [-0.2, -0.15) is 0 Å². The molecule has 9 heteroatoms. The SMILES string of the molecule is COc1cc(/C=C2/SC(=S)N([C@@H](C)C(=O)[O-])C2=O)cc(OC)c1OC. The van der Waals surface area contributed by atoms with Crippen molar-refractivity contribution in [2.75, 3.05) is 21.3 Å². The van der Waals surface area contributed by atoms with E-state index in [2.05, 4.69) is 0 Å². The molecule has 1 saturated heterocycles. The predicted molar refractivity (Wildman–Crippen MR) is 95.6 cm³/mol. The van der Waals surface area contributed by atoms with Gasteiger partial charge in [-0.1, -0.05) is 24.0 Å². The first-order valence-electron chi connectivity index (χ1n) is 7.12. The van der Waals surface area contributed by atoms with Crippen molar-refractivity contribution in [1.82, 2.24) is 4.90 Å². The molecule has 1 aliphatic heterocycles. The second kappa shape index (κ2) is 7.75. The number of carboxylic acid groups (broad SMARTS) is 1. The van der Waals surface area contributed by atoms with Crippen molar-refractivity contribution in [3.63, 3.8) is 0 Å². The van der Waals surface area contributed by atoms with Gasteiger partial charge in [0, 0.05) is 0 Å². The zero-order valence-corrected chi connectivity index (χ0v) is 15.7. The number of carboxylic acids is 1. The van der Waals surface area contributed by atoms with E-state index < -0.39 is 17.9 Å². The summed E-state index contributed by atoms with van der Waals surface area (Å²) in [5.41, 5.74) is 0.621. The minimum Gasteiger partial charge on any atom is -0.548 e. The zero-order chi connectivity index (χ0) is 18.7. The summed E-state index contributed by atoms with van der Waals surface area (Å²) < 4.78 is 16.0. The highest BCUT2D eigenvalue weighted by Gasteiger charge is 2.35. The fourth-order valence-corrected chi connectivity index (χ4v) is 3.67. The van der Waals surface area contributed by atoms with Crippen LogP contribution in [0.2, 0.25) is 0 Å². The molecule has 1 heterocycles. The molecule has 0 spiro atoms. The van der Waals surface area contributed by atoms with Crippen LogP contribution in [0.15, 0.2) is 17.0 Å². The number of nitrogens with zero attached hydrogens (tertiary/aromatic N) is 1. The van der Waals surface area contributed by atoms with E-state index in [1.807, 2.05) is 0 Å². The van der Waals surface area contributed by atoms with Crippen LogP contribution in [0.1, 0.15) is 12.5 Å². The van der Waals surface area contributed by atoms with Crippen molar-refractivity contribution < 1.29 is 28.9 Å². The Hall–Kier alpha value is -2.26. The van der Waals surface area contributed by atoms with E-state index in [0.717, 1.165) is 16.7 Å². The second-order valence-electron chi connectivity index (χ2n) is 5.01. The fourth-order valence-electron chi connectivity index (χ4n) is 2.26. The van der Waals surface area contributed by atoms with E-state index in [-0.39, 0.29) is 4.32 Å². The number of hydrogen-bond acceptors (Lipinski definition) is 8. The first kappa shape index (κ1) is 19.1. The summed E-state index contributed by atoms with van der Waals surface area (Å²) in [6.45, 7) is 1.35. The molecule has 2 rings (SSSR count). The average Bonchev–Trinajstić information content (AvgIpc) is 2.86. The predicted octanol–water partition coefficient (Wildman–Crippen LogP) is 1.05. The van der Waals surface area contributed by atoms with Crippen LogP contribution in [0.5, 0.6) is 17.2 Å². The molecular formula is C16H16NO6S2-. The minimum atomic E-state index is -1.37. The van der Waals surface area contributed by atoms with E-state index in [4.69, 9.17) is 26.4 Å². The van der Waals surface area contributed by atoms with E-state index in [9.17, 15) is 14.7 Å². The highest BCUT2D eigenvalue weighted by Crippen LogP contribution is 2.40. The quantitative estimate of drug-likeness (QED) is 0.533. The van der Waals surface area contributed by atoms with Gasteiger partial charge in [0.25, 0.3) is 5.91 Å². The number of aliphatic carboxylic acids is 1. The van der Waals surface area contributed by atoms with Gasteiger partial charge in [-0.05, 0) is 30.7 Å². The van der Waals surface area contributed by atoms with Crippen LogP contribution in [-0.4, -0.2) is 48.5 Å². The molecule has 0 bridgehead atoms. The molecule has 0 radical (unpaired) electrons. The molecule has 0 aliphatic carbocycles. The molecule has 1 aliphatic rings. The van der Waals surface area contributed by atoms with Gasteiger partial charge in [-0.15, -0.1) is 0 Å². The van der Waals surface area contributed by atoms with Crippen molar-refractivity contribution in [3.8, 4) is 17.2 Å². The van der Waals surface area contributed by atoms with Crippen LogP contribution in [0, 0.1) is 0 Å². The Morgan fingerprint density at radius 2 is 1.80 bits per heavy atom. The molecule has 1 aromatic rings. The van der Waals surface area contributed by atoms with Crippen molar-refractivity contribution in [2.45, 2.75) is 13.0 Å². The van der Waals surface area contributed by atoms with Crippen molar-refractivity contribution >= 4 is 46.3 Å². The standard InChI is InChI=1S/C16H17NO6S2/c1-8(15(19)20)17-14(18)12(25-16(17)24)7-9-5-10(21-2)13(23-4)11(6-9)22-3/h5-8H,1-4H3,(H,19,20)/p-1/b12-7+/t8-/m0/s1. The second-order valence-corrected chi connectivity index (χ2v) is 6.68. The lowest BCUT2D eigenvalue weighted by atomic mass is 10.1. The van der Waals surface area contributed by atoms with Crippen LogP contribution in [0.25, 0.3) is 6.08 Å². The van der Waals surface area contributed by atoms with Gasteiger partial charge >= 0.3 is 0 Å². The number of carbonyl (C=O) groups excluding carboxylic acids is 2. The van der Waals surface area contributed by atoms with E-state index in [0.29, 0.717) is 27.7 Å². The maximum absolute atomic E-state index is 12.5. The number of ether oxygens (including phenoxy) is 3. The number of amides is 1. The number of rotatable bonds is 6. The van der Waals surface area contributed by atoms with Crippen molar-refractivity contribution in [1.29, 1.82) is 0 Å². The Kier molecular flexibility index (Phi) is 5.91. The van der Waals surface area contributed by atoms with Crippen LogP contribution in [0.4, 0.5) is 0 Å². The molecule has 134 valence electrons. The van der Waals surface area contributed by atoms with Gasteiger partial charge < -0.3 is 24.1 Å². The van der Waals surface area contributed by atoms with Crippen LogP contribution >= 0.6 is 24.0 Å². The number of thiocarbonyl (C=S) groups is 1. The van der Waals surface area contributed by atoms with Crippen molar-refractivity contribution in [2.24, 2.45) is 0 Å². The normalized spacial score (nSPS) is 17.0. The van der Waals surface area contributed by atoms with Crippen LogP contribution in [0.3, 0.4) is 0 Å². The number of benzene rings is 1. The fraction of sp³-hybridized carbons (Fsp3) is 0.312. The first-order chi connectivity index (χ1) is 11.8. The number of hydrogen-bond donors (Lipinski definition) is 0. The highest BCUT2D eigenvalue weighted by molar-refractivity contribution is 8.26. The topological polar surface area (TPSA) is 88.1 Å². The highest BCUT2D eigenvalue weighted by atomic mass is 32.2. The minimum absolute atomic E-state index is 0.167. The Labute approximate surface area is 154 Å². The van der Waals surface area contributed by atoms with E-state index >= 15 is 0 Å². The zero-order valence-electron chi connectivity index (χ0n) is 14.0. The molecule has 7 nitrogen and oxygen atoms in total. The number of methoxy groups -OCH3 is 3. The molecule has 0 saturated carbocycles. The lowest BCUT2D eigenvalue weighted by molar-refractivity contribution is -0.309. The van der Waals surface area contributed by atoms with E-state index in [1.54, 1.807) is 18.2 Å². The molecular weight excluding hydrogens is 366 g/mol. The van der Waals surface area contributed by atoms with Gasteiger partial charge in [-0.3, -0.25) is 9.69 Å². The summed E-state index contributed by atoms with van der Waals surface area (Å²) in [5, 5.41) is 11.0. The molecule has 1 atom stereocenters. The molecule has 1 fully saturated rings. The van der Waals surface area contributed by atoms with E-state index in [1.165, 1.54) is 28.3 Å². The lowest BCUT2D eigenvalue weighted by Gasteiger charge is -2.23. The van der Waals surface area contributed by atoms with Crippen molar-refractivity contribution in [3.05, 3.63) is 22.6 Å². The Morgan fingerprint density at radius 3 is 2.24 bits per heavy atom. The molecule has 0 aromatic heterocycles. The maximum Gasteiger partial charge on any atom is 0.266 e. The monoisotopic (exact) mass is 382 g/mol. The molecule has 25 heavy (non-hydrogen) atoms.